The van der Waals surface area contributed by atoms with Gasteiger partial charge in [0.15, 0.2) is 6.10 Å². The van der Waals surface area contributed by atoms with E-state index < -0.39 is 6.10 Å². The summed E-state index contributed by atoms with van der Waals surface area (Å²) in [7, 11) is 0. The predicted molar refractivity (Wildman–Crippen MR) is 348 cm³/mol. The summed E-state index contributed by atoms with van der Waals surface area (Å²) in [5.41, 5.74) is 0. The second-order valence-electron chi connectivity index (χ2n) is 23.4. The maximum Gasteiger partial charge on any atom is 0.306 e. The van der Waals surface area contributed by atoms with E-state index in [1.165, 1.54) is 225 Å². The highest BCUT2D eigenvalue weighted by atomic mass is 16.6. The van der Waals surface area contributed by atoms with Crippen LogP contribution in [0.2, 0.25) is 0 Å². The Kier molecular flexibility index (Phi) is 65.7. The van der Waals surface area contributed by atoms with Crippen LogP contribution in [0.4, 0.5) is 0 Å². The monoisotopic (exact) mass is 1120 g/mol. The summed E-state index contributed by atoms with van der Waals surface area (Å²) in [5.74, 6) is -0.846. The Hall–Kier alpha value is -3.15. The maximum absolute atomic E-state index is 12.9. The van der Waals surface area contributed by atoms with E-state index in [-0.39, 0.29) is 31.1 Å². The molecule has 0 radical (unpaired) electrons. The molecule has 6 nitrogen and oxygen atoms in total. The van der Waals surface area contributed by atoms with Crippen LogP contribution in [0, 0.1) is 0 Å². The van der Waals surface area contributed by atoms with Crippen LogP contribution in [0.25, 0.3) is 0 Å². The first-order chi connectivity index (χ1) is 39.5. The number of hydrogen-bond acceptors (Lipinski definition) is 6. The van der Waals surface area contributed by atoms with E-state index in [9.17, 15) is 14.4 Å². The largest absolute Gasteiger partial charge is 0.462 e. The average Bonchev–Trinajstić information content (AvgIpc) is 3.46. The normalized spacial score (nSPS) is 12.5. The highest BCUT2D eigenvalue weighted by Crippen LogP contribution is 2.18. The summed E-state index contributed by atoms with van der Waals surface area (Å²) in [6.07, 6.45) is 89.2. The van der Waals surface area contributed by atoms with Crippen LogP contribution in [0.15, 0.2) is 72.9 Å². The highest BCUT2D eigenvalue weighted by Gasteiger charge is 2.19. The van der Waals surface area contributed by atoms with Gasteiger partial charge in [0.05, 0.1) is 0 Å². The minimum absolute atomic E-state index is 0.0688. The molecule has 0 aromatic carbocycles. The zero-order valence-electron chi connectivity index (χ0n) is 53.3. The third-order valence-electron chi connectivity index (χ3n) is 15.5. The Balaban J connectivity index is 4.22. The van der Waals surface area contributed by atoms with Crippen molar-refractivity contribution in [3.8, 4) is 0 Å². The van der Waals surface area contributed by atoms with Crippen LogP contribution in [0.5, 0.6) is 0 Å². The van der Waals surface area contributed by atoms with E-state index in [2.05, 4.69) is 93.7 Å². The van der Waals surface area contributed by atoms with Gasteiger partial charge in [-0.25, -0.2) is 0 Å². The predicted octanol–water partition coefficient (Wildman–Crippen LogP) is 24.1. The van der Waals surface area contributed by atoms with Gasteiger partial charge in [0.1, 0.15) is 13.2 Å². The number of carbonyl (C=O) groups excluding carboxylic acids is 3. The second-order valence-corrected chi connectivity index (χ2v) is 23.4. The first-order valence-corrected chi connectivity index (χ1v) is 34.9. The van der Waals surface area contributed by atoms with Crippen molar-refractivity contribution < 1.29 is 28.6 Å². The molecule has 0 bridgehead atoms. The number of unbranched alkanes of at least 4 members (excludes halogenated alkanes) is 41. The summed E-state index contributed by atoms with van der Waals surface area (Å²) in [6, 6.07) is 0. The van der Waals surface area contributed by atoms with Gasteiger partial charge < -0.3 is 14.2 Å². The van der Waals surface area contributed by atoms with Crippen molar-refractivity contribution in [3.63, 3.8) is 0 Å². The molecule has 0 aromatic rings. The van der Waals surface area contributed by atoms with E-state index in [0.717, 1.165) is 96.3 Å². The molecule has 0 aliphatic rings. The summed E-state index contributed by atoms with van der Waals surface area (Å²) in [6.45, 7) is 6.59. The maximum atomic E-state index is 12.9. The molecule has 0 saturated carbocycles. The van der Waals surface area contributed by atoms with Gasteiger partial charge >= 0.3 is 17.9 Å². The van der Waals surface area contributed by atoms with Crippen LogP contribution >= 0.6 is 0 Å². The Bertz CT molecular complexity index is 1470. The molecule has 0 heterocycles. The van der Waals surface area contributed by atoms with Crippen LogP contribution in [-0.2, 0) is 28.6 Å². The SMILES string of the molecule is CC/C=C\C/C=C\C/C=C\C/C=C\C/C=C\C/C=C\CCCCCCCCCCCCCCC(=O)OCC(COC(=O)CCCCCCCCCCCCCCCCC)OC(=O)CCCCCCCCCCCCCCCCCC. The van der Waals surface area contributed by atoms with Crippen molar-refractivity contribution in [2.24, 2.45) is 0 Å². The molecule has 0 spiro atoms. The molecule has 1 unspecified atom stereocenters. The van der Waals surface area contributed by atoms with Gasteiger partial charge in [0.2, 0.25) is 0 Å². The molecule has 1 atom stereocenters. The van der Waals surface area contributed by atoms with E-state index in [4.69, 9.17) is 14.2 Å². The third kappa shape index (κ3) is 65.7. The summed E-state index contributed by atoms with van der Waals surface area (Å²) < 4.78 is 17.0. The molecule has 0 aliphatic heterocycles. The Morgan fingerprint density at radius 3 is 0.762 bits per heavy atom. The van der Waals surface area contributed by atoms with Gasteiger partial charge in [-0.05, 0) is 70.6 Å². The number of allylic oxidation sites excluding steroid dienone is 12. The van der Waals surface area contributed by atoms with Crippen LogP contribution in [0.1, 0.15) is 361 Å². The smallest absolute Gasteiger partial charge is 0.306 e. The fraction of sp³-hybridized carbons (Fsp3) is 0.797. The molecule has 0 amide bonds. The average molecular weight is 1120 g/mol. The van der Waals surface area contributed by atoms with E-state index >= 15 is 0 Å². The van der Waals surface area contributed by atoms with Crippen molar-refractivity contribution in [1.82, 2.24) is 0 Å². The fourth-order valence-corrected chi connectivity index (χ4v) is 10.3. The summed E-state index contributed by atoms with van der Waals surface area (Å²) >= 11 is 0. The Morgan fingerprint density at radius 2 is 0.487 bits per heavy atom. The van der Waals surface area contributed by atoms with Gasteiger partial charge in [-0.2, -0.15) is 0 Å². The van der Waals surface area contributed by atoms with E-state index in [0.29, 0.717) is 19.3 Å². The van der Waals surface area contributed by atoms with E-state index in [1.807, 2.05) is 0 Å². The van der Waals surface area contributed by atoms with Crippen molar-refractivity contribution in [1.29, 1.82) is 0 Å². The molecular weight excluding hydrogens is 985 g/mol. The van der Waals surface area contributed by atoms with Crippen molar-refractivity contribution in [3.05, 3.63) is 72.9 Å². The Morgan fingerprint density at radius 1 is 0.263 bits per heavy atom. The lowest BCUT2D eigenvalue weighted by atomic mass is 10.0. The number of hydrogen-bond donors (Lipinski definition) is 0. The molecular formula is C74H132O6. The number of esters is 3. The standard InChI is InChI=1S/C74H132O6/c1-4-7-10-13-16-19-22-25-28-30-31-32-33-34-35-36-37-38-39-40-41-42-43-44-47-49-52-55-58-61-64-67-73(76)79-70-71(69-78-72(75)66-63-60-57-54-51-48-45-27-24-21-18-15-12-9-6-3)80-74(77)68-65-62-59-56-53-50-46-29-26-23-20-17-14-11-8-5-2/h7,10,16,19,25,28,31-32,34-35,37-38,71H,4-6,8-9,11-15,17-18,20-24,26-27,29-30,33,36,39-70H2,1-3H3/b10-7-,19-16-,28-25-,32-31-,35-34-,38-37-. The van der Waals surface area contributed by atoms with Gasteiger partial charge in [-0.3, -0.25) is 14.4 Å². The number of carbonyl (C=O) groups is 3. The number of rotatable bonds is 64. The lowest BCUT2D eigenvalue weighted by Gasteiger charge is -2.18. The lowest BCUT2D eigenvalue weighted by Crippen LogP contribution is -2.30. The van der Waals surface area contributed by atoms with Gasteiger partial charge in [0, 0.05) is 19.3 Å². The lowest BCUT2D eigenvalue weighted by molar-refractivity contribution is -0.167. The number of ether oxygens (including phenoxy) is 3. The second kappa shape index (κ2) is 68.3. The fourth-order valence-electron chi connectivity index (χ4n) is 10.3. The quantitative estimate of drug-likeness (QED) is 0.0261. The van der Waals surface area contributed by atoms with Gasteiger partial charge in [-0.15, -0.1) is 0 Å². The summed E-state index contributed by atoms with van der Waals surface area (Å²) in [5, 5.41) is 0. The minimum Gasteiger partial charge on any atom is -0.462 e. The van der Waals surface area contributed by atoms with Crippen LogP contribution < -0.4 is 0 Å². The summed E-state index contributed by atoms with van der Waals surface area (Å²) in [4.78, 5) is 38.4. The first-order valence-electron chi connectivity index (χ1n) is 34.9. The molecule has 464 valence electrons. The molecule has 0 fully saturated rings. The molecule has 0 N–H and O–H groups in total. The van der Waals surface area contributed by atoms with Crippen molar-refractivity contribution >= 4 is 17.9 Å². The zero-order chi connectivity index (χ0) is 57.8. The zero-order valence-corrected chi connectivity index (χ0v) is 53.3. The topological polar surface area (TPSA) is 78.9 Å². The Labute approximate surface area is 497 Å². The van der Waals surface area contributed by atoms with Crippen LogP contribution in [-0.4, -0.2) is 37.2 Å². The highest BCUT2D eigenvalue weighted by molar-refractivity contribution is 5.71. The van der Waals surface area contributed by atoms with Crippen molar-refractivity contribution in [2.45, 2.75) is 367 Å². The first kappa shape index (κ1) is 76.9. The van der Waals surface area contributed by atoms with E-state index in [1.54, 1.807) is 0 Å². The molecule has 0 rings (SSSR count). The molecule has 80 heavy (non-hydrogen) atoms. The molecule has 0 aromatic heterocycles. The third-order valence-corrected chi connectivity index (χ3v) is 15.5. The molecule has 6 heteroatoms. The molecule has 0 aliphatic carbocycles. The van der Waals surface area contributed by atoms with Gasteiger partial charge in [-0.1, -0.05) is 344 Å². The van der Waals surface area contributed by atoms with Gasteiger partial charge in [0.25, 0.3) is 0 Å². The van der Waals surface area contributed by atoms with Crippen LogP contribution in [0.3, 0.4) is 0 Å². The molecule has 0 saturated heterocycles. The minimum atomic E-state index is -0.772. The van der Waals surface area contributed by atoms with Crippen molar-refractivity contribution in [2.75, 3.05) is 13.2 Å².